The van der Waals surface area contributed by atoms with Gasteiger partial charge in [-0.05, 0) is 30.7 Å². The van der Waals surface area contributed by atoms with E-state index in [1.165, 1.54) is 17.2 Å². The Morgan fingerprint density at radius 3 is 2.78 bits per heavy atom. The number of aliphatic hydroxyl groups is 1. The third kappa shape index (κ3) is 4.35. The Morgan fingerprint density at radius 1 is 1.31 bits per heavy atom. The number of nitrogens with zero attached hydrogens (tertiary/aromatic N) is 4. The number of rotatable bonds is 4. The van der Waals surface area contributed by atoms with Gasteiger partial charge in [-0.15, -0.1) is 0 Å². The minimum atomic E-state index is -4.81. The second-order valence-electron chi connectivity index (χ2n) is 7.34. The zero-order valence-electron chi connectivity index (χ0n) is 16.4. The molecule has 3 amide bonds. The average Bonchev–Trinajstić information content (AvgIpc) is 3.15. The number of carbonyl (C=O) groups is 2. The van der Waals surface area contributed by atoms with E-state index in [1.807, 2.05) is 4.90 Å². The summed E-state index contributed by atoms with van der Waals surface area (Å²) in [6.45, 7) is -0.0606. The van der Waals surface area contributed by atoms with Crippen LogP contribution < -0.4 is 20.4 Å². The number of amides is 3. The largest absolute Gasteiger partial charge is 0.410 e. The third-order valence-electron chi connectivity index (χ3n) is 5.24. The zero-order chi connectivity index (χ0) is 23.0. The molecule has 2 aromatic heterocycles. The van der Waals surface area contributed by atoms with Gasteiger partial charge in [-0.2, -0.15) is 13.2 Å². The molecule has 2 atom stereocenters. The smallest absolute Gasteiger partial charge is 0.394 e. The first-order valence-corrected chi connectivity index (χ1v) is 10.4. The lowest BCUT2D eigenvalue weighted by Gasteiger charge is -2.35. The van der Waals surface area contributed by atoms with E-state index in [0.29, 0.717) is 35.5 Å². The van der Waals surface area contributed by atoms with Crippen LogP contribution >= 0.6 is 15.9 Å². The van der Waals surface area contributed by atoms with Gasteiger partial charge in [0, 0.05) is 23.8 Å². The molecular formula is C19H18BrF3N6O3. The van der Waals surface area contributed by atoms with E-state index >= 15 is 0 Å². The van der Waals surface area contributed by atoms with Crippen molar-refractivity contribution in [2.24, 2.45) is 0 Å². The maximum absolute atomic E-state index is 13.1. The van der Waals surface area contributed by atoms with Crippen molar-refractivity contribution >= 4 is 45.2 Å². The molecule has 0 saturated carbocycles. The van der Waals surface area contributed by atoms with Crippen LogP contribution in [-0.2, 0) is 0 Å². The summed E-state index contributed by atoms with van der Waals surface area (Å²) in [5.41, 5.74) is 0.300. The first kappa shape index (κ1) is 22.3. The predicted octanol–water partition coefficient (Wildman–Crippen LogP) is 2.52. The van der Waals surface area contributed by atoms with Gasteiger partial charge in [0.05, 0.1) is 18.3 Å². The van der Waals surface area contributed by atoms with E-state index < -0.39 is 30.8 Å². The van der Waals surface area contributed by atoms with Crippen molar-refractivity contribution in [2.75, 3.05) is 34.8 Å². The Labute approximate surface area is 188 Å². The number of carbonyl (C=O) groups excluding carboxylic acids is 2. The van der Waals surface area contributed by atoms with Crippen molar-refractivity contribution in [3.05, 3.63) is 40.6 Å². The molecule has 0 aliphatic carbocycles. The fourth-order valence-corrected chi connectivity index (χ4v) is 4.04. The van der Waals surface area contributed by atoms with Crippen molar-refractivity contribution < 1.29 is 27.9 Å². The lowest BCUT2D eigenvalue weighted by Crippen LogP contribution is -2.49. The molecule has 2 unspecified atom stereocenters. The molecule has 13 heteroatoms. The second kappa shape index (κ2) is 8.54. The summed E-state index contributed by atoms with van der Waals surface area (Å²) in [6, 6.07) is 3.01. The van der Waals surface area contributed by atoms with Crippen LogP contribution in [-0.4, -0.2) is 65.0 Å². The van der Waals surface area contributed by atoms with E-state index in [0.717, 1.165) is 0 Å². The molecule has 0 radical (unpaired) electrons. The average molecular weight is 515 g/mol. The number of alkyl halides is 3. The number of pyridine rings is 2. The molecule has 0 aromatic carbocycles. The Bertz CT molecular complexity index is 1050. The Balaban J connectivity index is 1.63. The molecule has 32 heavy (non-hydrogen) atoms. The van der Waals surface area contributed by atoms with E-state index in [-0.39, 0.29) is 17.6 Å². The molecule has 2 aromatic rings. The minimum Gasteiger partial charge on any atom is -0.394 e. The minimum absolute atomic E-state index is 0.173. The van der Waals surface area contributed by atoms with Gasteiger partial charge in [0.2, 0.25) is 0 Å². The number of fused-ring (bicyclic) bond motifs is 4. The Kier molecular flexibility index (Phi) is 5.95. The van der Waals surface area contributed by atoms with Gasteiger partial charge in [0.25, 0.3) is 5.91 Å². The summed E-state index contributed by atoms with van der Waals surface area (Å²) >= 11 is 3.30. The number of nitrogens with one attached hydrogen (secondary N) is 2. The summed E-state index contributed by atoms with van der Waals surface area (Å²) in [6.07, 6.45) is -2.63. The zero-order valence-corrected chi connectivity index (χ0v) is 18.0. The number of urea groups is 1. The summed E-state index contributed by atoms with van der Waals surface area (Å²) in [7, 11) is 0. The lowest BCUT2D eigenvalue weighted by molar-refractivity contribution is -0.161. The molecule has 1 fully saturated rings. The maximum atomic E-state index is 13.1. The standard InChI is InChI=1S/C19H18BrF3N6O3/c20-10-3-5-24-15(7-10)27-18(32)29-11-4-6-28(8-11)13-2-1-12(25-16(13)29)17(31)26-14(9-30)19(21,22)23/h1-3,5,7,11,14,30H,4,6,8-9H2,(H,26,31)(H,24,27,32). The summed E-state index contributed by atoms with van der Waals surface area (Å²) in [5.74, 6) is -0.631. The molecule has 2 aliphatic heterocycles. The monoisotopic (exact) mass is 514 g/mol. The second-order valence-corrected chi connectivity index (χ2v) is 8.25. The maximum Gasteiger partial charge on any atom is 0.410 e. The number of hydrogen-bond acceptors (Lipinski definition) is 6. The van der Waals surface area contributed by atoms with Gasteiger partial charge < -0.3 is 15.3 Å². The van der Waals surface area contributed by atoms with Gasteiger partial charge in [0.15, 0.2) is 5.82 Å². The molecular weight excluding hydrogens is 497 g/mol. The highest BCUT2D eigenvalue weighted by atomic mass is 79.9. The van der Waals surface area contributed by atoms with Gasteiger partial charge in [-0.1, -0.05) is 15.9 Å². The quantitative estimate of drug-likeness (QED) is 0.578. The third-order valence-corrected chi connectivity index (χ3v) is 5.74. The van der Waals surface area contributed by atoms with Gasteiger partial charge in [-0.3, -0.25) is 15.0 Å². The van der Waals surface area contributed by atoms with Crippen LogP contribution in [0.2, 0.25) is 0 Å². The van der Waals surface area contributed by atoms with Gasteiger partial charge in [-0.25, -0.2) is 14.8 Å². The molecule has 4 heterocycles. The summed E-state index contributed by atoms with van der Waals surface area (Å²) < 4.78 is 39.5. The van der Waals surface area contributed by atoms with Crippen molar-refractivity contribution in [3.8, 4) is 0 Å². The van der Waals surface area contributed by atoms with Crippen molar-refractivity contribution in [3.63, 3.8) is 0 Å². The summed E-state index contributed by atoms with van der Waals surface area (Å²) in [5, 5.41) is 13.4. The fourth-order valence-electron chi connectivity index (χ4n) is 3.70. The normalized spacial score (nSPS) is 18.2. The SMILES string of the molecule is O=C(NC(CO)C(F)(F)F)c1ccc2c(n1)N(C(=O)Nc1cc(Br)ccn1)C1CCN2C1. The Morgan fingerprint density at radius 2 is 2.09 bits per heavy atom. The predicted molar refractivity (Wildman–Crippen MR) is 113 cm³/mol. The van der Waals surface area contributed by atoms with Crippen LogP contribution in [0.5, 0.6) is 0 Å². The van der Waals surface area contributed by atoms with Crippen LogP contribution in [0.25, 0.3) is 0 Å². The summed E-state index contributed by atoms with van der Waals surface area (Å²) in [4.78, 5) is 37.2. The number of hydrogen-bond donors (Lipinski definition) is 3. The highest BCUT2D eigenvalue weighted by molar-refractivity contribution is 9.10. The van der Waals surface area contributed by atoms with Crippen molar-refractivity contribution in [1.29, 1.82) is 0 Å². The molecule has 9 nitrogen and oxygen atoms in total. The number of aliphatic hydroxyl groups excluding tert-OH is 1. The first-order valence-electron chi connectivity index (χ1n) is 9.63. The van der Waals surface area contributed by atoms with E-state index in [2.05, 4.69) is 31.2 Å². The van der Waals surface area contributed by atoms with Crippen LogP contribution in [0.15, 0.2) is 34.9 Å². The number of anilines is 3. The topological polar surface area (TPSA) is 111 Å². The van der Waals surface area contributed by atoms with Crippen molar-refractivity contribution in [1.82, 2.24) is 15.3 Å². The van der Waals surface area contributed by atoms with Crippen molar-refractivity contribution in [2.45, 2.75) is 24.7 Å². The lowest BCUT2D eigenvalue weighted by atomic mass is 10.1. The van der Waals surface area contributed by atoms with E-state index in [1.54, 1.807) is 23.5 Å². The molecule has 2 bridgehead atoms. The number of halogens is 4. The van der Waals surface area contributed by atoms with Crippen LogP contribution in [0.1, 0.15) is 16.9 Å². The highest BCUT2D eigenvalue weighted by Crippen LogP contribution is 2.39. The first-order chi connectivity index (χ1) is 15.2. The van der Waals surface area contributed by atoms with Gasteiger partial charge in [0.1, 0.15) is 17.6 Å². The fraction of sp³-hybridized carbons (Fsp3) is 0.368. The van der Waals surface area contributed by atoms with E-state index in [9.17, 15) is 22.8 Å². The molecule has 170 valence electrons. The Hall–Kier alpha value is -2.93. The molecule has 2 aliphatic rings. The molecule has 3 N–H and O–H groups in total. The number of aromatic nitrogens is 2. The highest BCUT2D eigenvalue weighted by Gasteiger charge is 2.42. The van der Waals surface area contributed by atoms with Crippen LogP contribution in [0.4, 0.5) is 35.3 Å². The molecule has 0 spiro atoms. The van der Waals surface area contributed by atoms with E-state index in [4.69, 9.17) is 5.11 Å². The molecule has 1 saturated heterocycles. The van der Waals surface area contributed by atoms with Gasteiger partial charge >= 0.3 is 12.2 Å². The molecule has 4 rings (SSSR count). The van der Waals surface area contributed by atoms with Crippen LogP contribution in [0.3, 0.4) is 0 Å². The van der Waals surface area contributed by atoms with Crippen LogP contribution in [0, 0.1) is 0 Å².